The normalized spacial score (nSPS) is 10.8. The van der Waals surface area contributed by atoms with Gasteiger partial charge in [0.05, 0.1) is 13.2 Å². The Balaban J connectivity index is 0.00000338. The van der Waals surface area contributed by atoms with Gasteiger partial charge in [0.15, 0.2) is 5.96 Å². The van der Waals surface area contributed by atoms with Crippen molar-refractivity contribution in [3.05, 3.63) is 65.2 Å². The number of amides is 1. The van der Waals surface area contributed by atoms with Crippen molar-refractivity contribution < 1.29 is 9.53 Å². The van der Waals surface area contributed by atoms with E-state index in [-0.39, 0.29) is 29.9 Å². The molecular formula is C19H25IN4O2. The Kier molecular flexibility index (Phi) is 9.67. The monoisotopic (exact) mass is 468 g/mol. The van der Waals surface area contributed by atoms with Crippen molar-refractivity contribution in [2.75, 3.05) is 19.0 Å². The topological polar surface area (TPSA) is 88.7 Å². The number of halogens is 1. The van der Waals surface area contributed by atoms with Gasteiger partial charge in [0.1, 0.15) is 0 Å². The fraction of sp³-hybridized carbons (Fsp3) is 0.263. The first-order chi connectivity index (χ1) is 12.1. The average Bonchev–Trinajstić information content (AvgIpc) is 2.62. The first-order valence-corrected chi connectivity index (χ1v) is 8.15. The highest BCUT2D eigenvalue weighted by Gasteiger charge is 2.05. The number of nitrogens with two attached hydrogens (primary N) is 1. The molecule has 6 nitrogen and oxygen atoms in total. The zero-order valence-electron chi connectivity index (χ0n) is 15.0. The minimum Gasteiger partial charge on any atom is -0.380 e. The molecule has 0 saturated heterocycles. The average molecular weight is 468 g/mol. The molecule has 0 aliphatic heterocycles. The molecule has 0 heterocycles. The molecule has 0 aliphatic rings. The Morgan fingerprint density at radius 2 is 1.96 bits per heavy atom. The van der Waals surface area contributed by atoms with Crippen LogP contribution in [-0.2, 0) is 17.9 Å². The van der Waals surface area contributed by atoms with E-state index < -0.39 is 0 Å². The summed E-state index contributed by atoms with van der Waals surface area (Å²) in [7, 11) is 1.65. The van der Waals surface area contributed by atoms with E-state index in [1.807, 2.05) is 49.4 Å². The van der Waals surface area contributed by atoms with Gasteiger partial charge in [0.2, 0.25) is 0 Å². The number of nitrogens with zero attached hydrogens (tertiary/aromatic N) is 1. The summed E-state index contributed by atoms with van der Waals surface area (Å²) < 4.78 is 5.18. The van der Waals surface area contributed by atoms with Crippen molar-refractivity contribution in [3.63, 3.8) is 0 Å². The Hall–Kier alpha value is -2.13. The van der Waals surface area contributed by atoms with E-state index in [0.29, 0.717) is 31.2 Å². The van der Waals surface area contributed by atoms with E-state index >= 15 is 0 Å². The molecule has 2 rings (SSSR count). The highest BCUT2D eigenvalue weighted by molar-refractivity contribution is 14.0. The third kappa shape index (κ3) is 6.64. The number of methoxy groups -OCH3 is 1. The number of nitrogens with one attached hydrogen (secondary N) is 2. The molecule has 7 heteroatoms. The number of ether oxygens (including phenoxy) is 1. The molecule has 0 aromatic heterocycles. The molecule has 0 unspecified atom stereocenters. The second-order valence-electron chi connectivity index (χ2n) is 5.48. The second kappa shape index (κ2) is 11.5. The predicted molar refractivity (Wildman–Crippen MR) is 116 cm³/mol. The highest BCUT2D eigenvalue weighted by Crippen LogP contribution is 2.15. The third-order valence-corrected chi connectivity index (χ3v) is 3.54. The summed E-state index contributed by atoms with van der Waals surface area (Å²) in [5, 5.41) is 5.87. The lowest BCUT2D eigenvalue weighted by Gasteiger charge is -2.11. The van der Waals surface area contributed by atoms with Gasteiger partial charge in [0.25, 0.3) is 5.91 Å². The minimum absolute atomic E-state index is 0. The van der Waals surface area contributed by atoms with Gasteiger partial charge in [-0.3, -0.25) is 4.79 Å². The van der Waals surface area contributed by atoms with E-state index in [0.717, 1.165) is 16.8 Å². The number of aliphatic imine (C=N–C) groups is 1. The first kappa shape index (κ1) is 21.9. The molecule has 0 fully saturated rings. The van der Waals surface area contributed by atoms with Gasteiger partial charge in [-0.1, -0.05) is 30.3 Å². The van der Waals surface area contributed by atoms with Gasteiger partial charge in [0, 0.05) is 30.5 Å². The SMILES string of the molecule is CCNC(=O)c1cccc(CN=C(N)Nc2ccccc2COC)c1.I. The van der Waals surface area contributed by atoms with Crippen LogP contribution in [0.25, 0.3) is 0 Å². The fourth-order valence-corrected chi connectivity index (χ4v) is 2.35. The third-order valence-electron chi connectivity index (χ3n) is 3.54. The van der Waals surface area contributed by atoms with Crippen molar-refractivity contribution in [1.82, 2.24) is 5.32 Å². The molecule has 26 heavy (non-hydrogen) atoms. The summed E-state index contributed by atoms with van der Waals surface area (Å²) in [6, 6.07) is 15.1. The number of carbonyl (C=O) groups excluding carboxylic acids is 1. The Bertz CT molecular complexity index is 750. The van der Waals surface area contributed by atoms with Crippen molar-refractivity contribution in [2.45, 2.75) is 20.1 Å². The van der Waals surface area contributed by atoms with Crippen LogP contribution in [0.5, 0.6) is 0 Å². The van der Waals surface area contributed by atoms with Crippen LogP contribution < -0.4 is 16.4 Å². The Morgan fingerprint density at radius 3 is 2.69 bits per heavy atom. The maximum Gasteiger partial charge on any atom is 0.251 e. The lowest BCUT2D eigenvalue weighted by molar-refractivity contribution is 0.0955. The van der Waals surface area contributed by atoms with Crippen LogP contribution in [0.4, 0.5) is 5.69 Å². The zero-order chi connectivity index (χ0) is 18.1. The molecule has 0 spiro atoms. The van der Waals surface area contributed by atoms with Crippen LogP contribution in [0.1, 0.15) is 28.4 Å². The number of hydrogen-bond donors (Lipinski definition) is 3. The Labute approximate surface area is 171 Å². The summed E-state index contributed by atoms with van der Waals surface area (Å²) in [5.41, 5.74) is 9.38. The number of benzene rings is 2. The van der Waals surface area contributed by atoms with Crippen LogP contribution >= 0.6 is 24.0 Å². The standard InChI is InChI=1S/C19H24N4O2.HI/c1-3-21-18(24)15-9-6-7-14(11-15)12-22-19(20)23-17-10-5-4-8-16(17)13-25-2;/h4-11H,3,12-13H2,1-2H3,(H,21,24)(H3,20,22,23);1H. The van der Waals surface area contributed by atoms with E-state index in [1.165, 1.54) is 0 Å². The van der Waals surface area contributed by atoms with Crippen molar-refractivity contribution >= 4 is 41.5 Å². The number of anilines is 1. The van der Waals surface area contributed by atoms with Crippen molar-refractivity contribution in [2.24, 2.45) is 10.7 Å². The highest BCUT2D eigenvalue weighted by atomic mass is 127. The van der Waals surface area contributed by atoms with Gasteiger partial charge in [-0.05, 0) is 30.7 Å². The van der Waals surface area contributed by atoms with Crippen LogP contribution in [0.15, 0.2) is 53.5 Å². The molecule has 2 aromatic carbocycles. The molecule has 4 N–H and O–H groups in total. The molecule has 0 radical (unpaired) electrons. The maximum absolute atomic E-state index is 11.9. The molecular weight excluding hydrogens is 443 g/mol. The molecule has 0 aliphatic carbocycles. The van der Waals surface area contributed by atoms with Crippen LogP contribution in [-0.4, -0.2) is 25.5 Å². The lowest BCUT2D eigenvalue weighted by Crippen LogP contribution is -2.23. The number of para-hydroxylation sites is 1. The molecule has 1 amide bonds. The Morgan fingerprint density at radius 1 is 1.19 bits per heavy atom. The quantitative estimate of drug-likeness (QED) is 0.331. The van der Waals surface area contributed by atoms with Gasteiger partial charge in [-0.15, -0.1) is 24.0 Å². The number of rotatable bonds is 7. The zero-order valence-corrected chi connectivity index (χ0v) is 17.3. The molecule has 2 aromatic rings. The van der Waals surface area contributed by atoms with Gasteiger partial charge >= 0.3 is 0 Å². The summed E-state index contributed by atoms with van der Waals surface area (Å²) in [4.78, 5) is 16.2. The van der Waals surface area contributed by atoms with Gasteiger partial charge < -0.3 is 21.1 Å². The molecule has 0 bridgehead atoms. The molecule has 0 atom stereocenters. The van der Waals surface area contributed by atoms with Crippen molar-refractivity contribution in [1.29, 1.82) is 0 Å². The minimum atomic E-state index is -0.0899. The molecule has 0 saturated carbocycles. The van der Waals surface area contributed by atoms with Gasteiger partial charge in [-0.25, -0.2) is 4.99 Å². The second-order valence-corrected chi connectivity index (χ2v) is 5.48. The molecule has 140 valence electrons. The van der Waals surface area contributed by atoms with Gasteiger partial charge in [-0.2, -0.15) is 0 Å². The largest absolute Gasteiger partial charge is 0.380 e. The van der Waals surface area contributed by atoms with Crippen LogP contribution in [0, 0.1) is 0 Å². The van der Waals surface area contributed by atoms with E-state index in [9.17, 15) is 4.79 Å². The number of guanidine groups is 1. The predicted octanol–water partition coefficient (Wildman–Crippen LogP) is 3.13. The van der Waals surface area contributed by atoms with E-state index in [2.05, 4.69) is 15.6 Å². The smallest absolute Gasteiger partial charge is 0.251 e. The van der Waals surface area contributed by atoms with E-state index in [4.69, 9.17) is 10.5 Å². The van der Waals surface area contributed by atoms with Crippen molar-refractivity contribution in [3.8, 4) is 0 Å². The summed E-state index contributed by atoms with van der Waals surface area (Å²) in [6.45, 7) is 3.36. The first-order valence-electron chi connectivity index (χ1n) is 8.15. The summed E-state index contributed by atoms with van der Waals surface area (Å²) >= 11 is 0. The number of carbonyl (C=O) groups is 1. The van der Waals surface area contributed by atoms with E-state index in [1.54, 1.807) is 13.2 Å². The lowest BCUT2D eigenvalue weighted by atomic mass is 10.1. The maximum atomic E-state index is 11.9. The summed E-state index contributed by atoms with van der Waals surface area (Å²) in [6.07, 6.45) is 0. The number of hydrogen-bond acceptors (Lipinski definition) is 3. The van der Waals surface area contributed by atoms with Crippen LogP contribution in [0.3, 0.4) is 0 Å². The van der Waals surface area contributed by atoms with Crippen LogP contribution in [0.2, 0.25) is 0 Å². The summed E-state index contributed by atoms with van der Waals surface area (Å²) in [5.74, 6) is 0.222. The fourth-order valence-electron chi connectivity index (χ4n) is 2.35.